The van der Waals surface area contributed by atoms with Crippen LogP contribution in [0, 0.1) is 22.2 Å². The number of nitrogen functional groups attached to an aromatic ring is 1. The number of aryl methyl sites for hydroxylation is 1. The van der Waals surface area contributed by atoms with Crippen LogP contribution in [0.3, 0.4) is 0 Å². The number of amides is 1. The number of amidine groups is 1. The predicted molar refractivity (Wildman–Crippen MR) is 156 cm³/mol. The fraction of sp³-hybridized carbons (Fsp3) is 0.586. The topological polar surface area (TPSA) is 135 Å². The molecule has 2 aromatic heterocycles. The summed E-state index contributed by atoms with van der Waals surface area (Å²) in [5, 5.41) is 22.0. The number of piperazine rings is 1. The maximum Gasteiger partial charge on any atom is 0.236 e. The maximum absolute atomic E-state index is 13.8. The molecule has 2 aliphatic carbocycles. The van der Waals surface area contributed by atoms with Crippen LogP contribution in [-0.4, -0.2) is 86.0 Å². The highest BCUT2D eigenvalue weighted by Crippen LogP contribution is 2.54. The van der Waals surface area contributed by atoms with Gasteiger partial charge in [0.05, 0.1) is 11.0 Å². The highest BCUT2D eigenvalue weighted by molar-refractivity contribution is 7.16. The van der Waals surface area contributed by atoms with Gasteiger partial charge in [0.2, 0.25) is 5.91 Å². The Bertz CT molecular complexity index is 1390. The Hall–Kier alpha value is -3.20. The van der Waals surface area contributed by atoms with E-state index in [0.717, 1.165) is 81.2 Å². The minimum Gasteiger partial charge on any atom is -0.490 e. The number of hydrogen-bond donors (Lipinski definition) is 3. The molecule has 1 amide bonds. The van der Waals surface area contributed by atoms with E-state index in [1.54, 1.807) is 6.07 Å². The van der Waals surface area contributed by atoms with E-state index in [4.69, 9.17) is 20.9 Å². The molecule has 2 saturated heterocycles. The van der Waals surface area contributed by atoms with Crippen molar-refractivity contribution in [2.45, 2.75) is 50.5 Å². The summed E-state index contributed by atoms with van der Waals surface area (Å²) in [4.78, 5) is 26.4. The molecule has 212 valence electrons. The van der Waals surface area contributed by atoms with Crippen molar-refractivity contribution in [1.82, 2.24) is 20.1 Å². The molecule has 10 nitrogen and oxygen atoms in total. The molecule has 6 rings (SSSR count). The first-order valence-corrected chi connectivity index (χ1v) is 15.0. The lowest BCUT2D eigenvalue weighted by atomic mass is 9.72. The van der Waals surface area contributed by atoms with Crippen LogP contribution < -0.4 is 20.7 Å². The molecule has 4 heterocycles. The first-order chi connectivity index (χ1) is 19.1. The number of carbonyl (C=O) groups is 1. The summed E-state index contributed by atoms with van der Waals surface area (Å²) >= 11 is 1.40. The number of likely N-dealkylation sites (tertiary alicyclic amines) is 1. The second kappa shape index (κ2) is 10.0. The molecule has 11 heteroatoms. The summed E-state index contributed by atoms with van der Waals surface area (Å²) in [5.74, 6) is 1.09. The van der Waals surface area contributed by atoms with Crippen LogP contribution in [0.2, 0.25) is 0 Å². The molecule has 1 unspecified atom stereocenters. The van der Waals surface area contributed by atoms with Crippen molar-refractivity contribution in [3.8, 4) is 11.8 Å². The number of likely N-dealkylation sites (N-methyl/N-ethyl adjacent to an activating group) is 1. The molecule has 1 saturated carbocycles. The molecule has 3 fully saturated rings. The van der Waals surface area contributed by atoms with Gasteiger partial charge in [-0.3, -0.25) is 10.2 Å². The molecule has 1 spiro atoms. The van der Waals surface area contributed by atoms with Crippen molar-refractivity contribution in [2.75, 3.05) is 64.0 Å². The largest absolute Gasteiger partial charge is 0.490 e. The minimum atomic E-state index is -0.942. The van der Waals surface area contributed by atoms with Crippen LogP contribution >= 0.6 is 11.3 Å². The molecule has 4 aliphatic rings. The second-order valence-corrected chi connectivity index (χ2v) is 13.4. The quantitative estimate of drug-likeness (QED) is 0.374. The maximum atomic E-state index is 13.8. The Morgan fingerprint density at radius 3 is 2.70 bits per heavy atom. The number of ether oxygens (including phenoxy) is 1. The van der Waals surface area contributed by atoms with E-state index in [1.807, 2.05) is 13.0 Å². The zero-order valence-electron chi connectivity index (χ0n) is 23.5. The number of nitrogens with zero attached hydrogens (tertiary/aromatic N) is 5. The number of nitrogens with one attached hydrogen (secondary N) is 2. The van der Waals surface area contributed by atoms with Crippen molar-refractivity contribution in [3.63, 3.8) is 0 Å². The van der Waals surface area contributed by atoms with Crippen LogP contribution in [0.4, 0.5) is 10.8 Å². The lowest BCUT2D eigenvalue weighted by molar-refractivity contribution is -0.125. The molecule has 0 bridgehead atoms. The number of rotatable bonds is 5. The van der Waals surface area contributed by atoms with E-state index >= 15 is 0 Å². The van der Waals surface area contributed by atoms with Crippen molar-refractivity contribution in [2.24, 2.45) is 5.41 Å². The van der Waals surface area contributed by atoms with Gasteiger partial charge < -0.3 is 30.5 Å². The van der Waals surface area contributed by atoms with Gasteiger partial charge in [-0.05, 0) is 59.7 Å². The molecule has 2 aromatic rings. The van der Waals surface area contributed by atoms with Gasteiger partial charge in [0.25, 0.3) is 0 Å². The summed E-state index contributed by atoms with van der Waals surface area (Å²) in [5.41, 5.74) is 6.92. The van der Waals surface area contributed by atoms with Gasteiger partial charge in [-0.2, -0.15) is 5.26 Å². The van der Waals surface area contributed by atoms with Crippen LogP contribution in [0.1, 0.15) is 54.3 Å². The zero-order chi connectivity index (χ0) is 28.2. The van der Waals surface area contributed by atoms with Gasteiger partial charge in [0.15, 0.2) is 5.84 Å². The smallest absolute Gasteiger partial charge is 0.236 e. The fourth-order valence-corrected chi connectivity index (χ4v) is 7.89. The Balaban J connectivity index is 1.26. The monoisotopic (exact) mass is 562 g/mol. The Morgan fingerprint density at radius 2 is 2.00 bits per heavy atom. The van der Waals surface area contributed by atoms with Crippen molar-refractivity contribution >= 4 is 33.9 Å². The summed E-state index contributed by atoms with van der Waals surface area (Å²) in [6.07, 6.45) is 4.55. The number of pyridine rings is 1. The summed E-state index contributed by atoms with van der Waals surface area (Å²) in [6.45, 7) is 7.53. The van der Waals surface area contributed by atoms with Gasteiger partial charge in [-0.15, -0.1) is 11.3 Å². The van der Waals surface area contributed by atoms with E-state index in [9.17, 15) is 10.1 Å². The fourth-order valence-electron chi connectivity index (χ4n) is 6.70. The van der Waals surface area contributed by atoms with E-state index in [1.165, 1.54) is 11.3 Å². The summed E-state index contributed by atoms with van der Waals surface area (Å²) < 4.78 is 6.51. The summed E-state index contributed by atoms with van der Waals surface area (Å²) in [6, 6.07) is 5.98. The van der Waals surface area contributed by atoms with E-state index in [-0.39, 0.29) is 23.3 Å². The number of anilines is 2. The molecule has 3 atom stereocenters. The number of nitrogens with two attached hydrogens (primary N) is 1. The lowest BCUT2D eigenvalue weighted by Gasteiger charge is -2.34. The Labute approximate surface area is 239 Å². The number of nitriles is 1. The highest BCUT2D eigenvalue weighted by atomic mass is 32.1. The van der Waals surface area contributed by atoms with Crippen molar-refractivity contribution in [3.05, 3.63) is 33.8 Å². The number of fused-ring (bicyclic) bond motifs is 1. The molecule has 0 radical (unpaired) electrons. The third-order valence-electron chi connectivity index (χ3n) is 9.33. The average Bonchev–Trinajstić information content (AvgIpc) is 3.24. The molecular formula is C29H38N8O2S. The number of thiophene rings is 1. The summed E-state index contributed by atoms with van der Waals surface area (Å²) in [7, 11) is 4.27. The first-order valence-electron chi connectivity index (χ1n) is 14.1. The third-order valence-corrected chi connectivity index (χ3v) is 10.4. The standard InChI is InChI=1S/C29H38N8O2S/c1-28(6-4-5-21-24(28)19(16-30)26(32)40-21)27(38)34-25(31)20-13-18(39-22-15-29(22)7-8-36(3)17-29)14-23(33-20)37-11-9-35(2)10-12-37/h13-14,22H,4-12,15,17,32H2,1-3H3,(H2,31,34,38)/t22-,28?,29-/m0/s1. The third kappa shape index (κ3) is 4.72. The van der Waals surface area contributed by atoms with E-state index in [2.05, 4.69) is 40.2 Å². The normalized spacial score (nSPS) is 28.2. The van der Waals surface area contributed by atoms with Crippen LogP contribution in [0.25, 0.3) is 0 Å². The zero-order valence-corrected chi connectivity index (χ0v) is 24.4. The lowest BCUT2D eigenvalue weighted by Crippen LogP contribution is -2.47. The molecular weight excluding hydrogens is 524 g/mol. The van der Waals surface area contributed by atoms with Crippen LogP contribution in [0.15, 0.2) is 12.1 Å². The number of aromatic nitrogens is 1. The van der Waals surface area contributed by atoms with Crippen molar-refractivity contribution in [1.29, 1.82) is 10.7 Å². The average molecular weight is 563 g/mol. The first kappa shape index (κ1) is 27.0. The van der Waals surface area contributed by atoms with Gasteiger partial charge in [-0.1, -0.05) is 0 Å². The second-order valence-electron chi connectivity index (χ2n) is 12.3. The van der Waals surface area contributed by atoms with Crippen LogP contribution in [0.5, 0.6) is 5.75 Å². The predicted octanol–water partition coefficient (Wildman–Crippen LogP) is 2.56. The number of carbonyl (C=O) groups excluding carboxylic acids is 1. The highest BCUT2D eigenvalue weighted by Gasteiger charge is 2.59. The molecule has 4 N–H and O–H groups in total. The molecule has 2 aliphatic heterocycles. The Kier molecular flexibility index (Phi) is 6.76. The molecule has 0 aromatic carbocycles. The molecule has 40 heavy (non-hydrogen) atoms. The van der Waals surface area contributed by atoms with Crippen LogP contribution in [-0.2, 0) is 16.6 Å². The number of hydrogen-bond acceptors (Lipinski definition) is 10. The SMILES string of the molecule is CN1CCN(c2cc(O[C@H]3C[C@]34CCN(C)C4)cc(C(=N)NC(=O)C3(C)CCCc4sc(N)c(C#N)c43)n2)CC1. The van der Waals surface area contributed by atoms with E-state index in [0.29, 0.717) is 28.4 Å². The van der Waals surface area contributed by atoms with Gasteiger partial charge in [0, 0.05) is 60.7 Å². The van der Waals surface area contributed by atoms with Gasteiger partial charge >= 0.3 is 0 Å². The van der Waals surface area contributed by atoms with Crippen molar-refractivity contribution < 1.29 is 9.53 Å². The minimum absolute atomic E-state index is 0.0630. The Morgan fingerprint density at radius 1 is 1.23 bits per heavy atom. The van der Waals surface area contributed by atoms with Gasteiger partial charge in [-0.25, -0.2) is 4.98 Å². The van der Waals surface area contributed by atoms with Gasteiger partial charge in [0.1, 0.15) is 34.4 Å². The van der Waals surface area contributed by atoms with E-state index < -0.39 is 5.41 Å².